The summed E-state index contributed by atoms with van der Waals surface area (Å²) in [6.07, 6.45) is -1.25. The molecule has 0 saturated heterocycles. The molecular weight excluding hydrogens is 273 g/mol. The van der Waals surface area contributed by atoms with Crippen LogP contribution in [0.15, 0.2) is 0 Å². The minimum absolute atomic E-state index is 0.0592. The van der Waals surface area contributed by atoms with Crippen LogP contribution in [0.5, 0.6) is 0 Å². The Labute approximate surface area is 116 Å². The predicted octanol–water partition coefficient (Wildman–Crippen LogP) is 1.68. The van der Waals surface area contributed by atoms with Gasteiger partial charge in [0, 0.05) is 12.6 Å². The maximum atomic E-state index is 12.6. The van der Waals surface area contributed by atoms with Crippen molar-refractivity contribution in [3.8, 4) is 0 Å². The first-order valence-electron chi connectivity index (χ1n) is 7.03. The third-order valence-corrected chi connectivity index (χ3v) is 3.87. The monoisotopic (exact) mass is 294 g/mol. The summed E-state index contributed by atoms with van der Waals surface area (Å²) in [5.74, 6) is -0.633. The lowest BCUT2D eigenvalue weighted by atomic mass is 9.93. The van der Waals surface area contributed by atoms with E-state index in [4.69, 9.17) is 10.5 Å². The molecule has 0 spiro atoms. The zero-order valence-corrected chi connectivity index (χ0v) is 11.6. The van der Waals surface area contributed by atoms with Crippen LogP contribution in [0.25, 0.3) is 0 Å². The van der Waals surface area contributed by atoms with Crippen molar-refractivity contribution in [1.82, 2.24) is 4.90 Å². The van der Waals surface area contributed by atoms with E-state index in [1.165, 1.54) is 4.90 Å². The first-order chi connectivity index (χ1) is 9.26. The molecule has 1 atom stereocenters. The number of nitrogens with two attached hydrogens (primary N) is 1. The van der Waals surface area contributed by atoms with Crippen LogP contribution in [0.1, 0.15) is 32.6 Å². The average molecular weight is 294 g/mol. The molecule has 0 radical (unpaired) electrons. The zero-order valence-electron chi connectivity index (χ0n) is 11.6. The number of hydrogen-bond donors (Lipinski definition) is 1. The number of rotatable bonds is 7. The van der Waals surface area contributed by atoms with Gasteiger partial charge in [-0.1, -0.05) is 0 Å². The predicted molar refractivity (Wildman–Crippen MR) is 66.9 cm³/mol. The molecule has 4 nitrogen and oxygen atoms in total. The lowest BCUT2D eigenvalue weighted by Gasteiger charge is -2.34. The second kappa shape index (κ2) is 5.52. The second-order valence-corrected chi connectivity index (χ2v) is 5.79. The SMILES string of the molecule is CCOC(=O)C(N)(CN(CC(F)(F)F)C1CC1)C1CC1. The first-order valence-corrected chi connectivity index (χ1v) is 7.03. The molecule has 0 heterocycles. The van der Waals surface area contributed by atoms with Gasteiger partial charge in [-0.3, -0.25) is 4.90 Å². The van der Waals surface area contributed by atoms with Crippen molar-refractivity contribution in [3.63, 3.8) is 0 Å². The highest BCUT2D eigenvalue weighted by Gasteiger charge is 2.52. The Bertz CT molecular complexity index is 367. The van der Waals surface area contributed by atoms with Gasteiger partial charge in [0.2, 0.25) is 0 Å². The van der Waals surface area contributed by atoms with Crippen LogP contribution < -0.4 is 5.73 Å². The highest BCUT2D eigenvalue weighted by Crippen LogP contribution is 2.41. The summed E-state index contributed by atoms with van der Waals surface area (Å²) < 4.78 is 42.9. The van der Waals surface area contributed by atoms with E-state index in [0.29, 0.717) is 0 Å². The summed E-state index contributed by atoms with van der Waals surface area (Å²) in [5.41, 5.74) is 4.83. The van der Waals surface area contributed by atoms with Gasteiger partial charge in [-0.05, 0) is 38.5 Å². The smallest absolute Gasteiger partial charge is 0.401 e. The Morgan fingerprint density at radius 1 is 1.25 bits per heavy atom. The zero-order chi connectivity index (χ0) is 15.0. The lowest BCUT2D eigenvalue weighted by molar-refractivity contribution is -0.160. The summed E-state index contributed by atoms with van der Waals surface area (Å²) in [4.78, 5) is 13.3. The largest absolute Gasteiger partial charge is 0.465 e. The van der Waals surface area contributed by atoms with Gasteiger partial charge < -0.3 is 10.5 Å². The van der Waals surface area contributed by atoms with E-state index in [1.54, 1.807) is 6.92 Å². The summed E-state index contributed by atoms with van der Waals surface area (Å²) >= 11 is 0. The highest BCUT2D eigenvalue weighted by molar-refractivity contribution is 5.82. The third kappa shape index (κ3) is 3.85. The van der Waals surface area contributed by atoms with Gasteiger partial charge in [0.25, 0.3) is 0 Å². The van der Waals surface area contributed by atoms with Crippen molar-refractivity contribution < 1.29 is 22.7 Å². The van der Waals surface area contributed by atoms with Gasteiger partial charge in [-0.25, -0.2) is 4.79 Å². The van der Waals surface area contributed by atoms with Crippen LogP contribution in [-0.2, 0) is 9.53 Å². The fourth-order valence-electron chi connectivity index (χ4n) is 2.54. The fourth-order valence-corrected chi connectivity index (χ4v) is 2.54. The molecule has 0 amide bonds. The van der Waals surface area contributed by atoms with Crippen LogP contribution in [-0.4, -0.2) is 48.3 Å². The molecule has 2 aliphatic carbocycles. The van der Waals surface area contributed by atoms with Gasteiger partial charge in [0.05, 0.1) is 13.2 Å². The van der Waals surface area contributed by atoms with Crippen LogP contribution in [0, 0.1) is 5.92 Å². The van der Waals surface area contributed by atoms with Crippen LogP contribution in [0.4, 0.5) is 13.2 Å². The van der Waals surface area contributed by atoms with E-state index in [0.717, 1.165) is 25.7 Å². The summed E-state index contributed by atoms with van der Waals surface area (Å²) in [6.45, 7) is 0.774. The Morgan fingerprint density at radius 3 is 2.25 bits per heavy atom. The summed E-state index contributed by atoms with van der Waals surface area (Å²) in [7, 11) is 0. The molecule has 0 bridgehead atoms. The number of alkyl halides is 3. The van der Waals surface area contributed by atoms with Crippen molar-refractivity contribution >= 4 is 5.97 Å². The molecule has 2 N–H and O–H groups in total. The molecule has 0 aromatic heterocycles. The summed E-state index contributed by atoms with van der Waals surface area (Å²) in [5, 5.41) is 0. The van der Waals surface area contributed by atoms with Gasteiger partial charge >= 0.3 is 12.1 Å². The Kier molecular flexibility index (Phi) is 4.30. The number of nitrogens with zero attached hydrogens (tertiary/aromatic N) is 1. The molecule has 0 aromatic rings. The number of ether oxygens (including phenoxy) is 1. The van der Waals surface area contributed by atoms with E-state index >= 15 is 0 Å². The molecule has 7 heteroatoms. The van der Waals surface area contributed by atoms with Crippen molar-refractivity contribution in [1.29, 1.82) is 0 Å². The molecule has 2 fully saturated rings. The van der Waals surface area contributed by atoms with E-state index in [9.17, 15) is 18.0 Å². The number of esters is 1. The number of hydrogen-bond acceptors (Lipinski definition) is 4. The van der Waals surface area contributed by atoms with Gasteiger partial charge in [-0.2, -0.15) is 13.2 Å². The number of halogens is 3. The van der Waals surface area contributed by atoms with Gasteiger partial charge in [0.1, 0.15) is 5.54 Å². The topological polar surface area (TPSA) is 55.6 Å². The normalized spacial score (nSPS) is 22.7. The molecule has 2 saturated carbocycles. The van der Waals surface area contributed by atoms with Crippen molar-refractivity contribution in [2.24, 2.45) is 11.7 Å². The second-order valence-electron chi connectivity index (χ2n) is 5.79. The Hall–Kier alpha value is -0.820. The molecule has 2 aliphatic rings. The van der Waals surface area contributed by atoms with E-state index < -0.39 is 24.2 Å². The van der Waals surface area contributed by atoms with Crippen LogP contribution >= 0.6 is 0 Å². The van der Waals surface area contributed by atoms with Crippen LogP contribution in [0.3, 0.4) is 0 Å². The highest BCUT2D eigenvalue weighted by atomic mass is 19.4. The molecule has 20 heavy (non-hydrogen) atoms. The quantitative estimate of drug-likeness (QED) is 0.726. The molecule has 116 valence electrons. The van der Waals surface area contributed by atoms with Crippen LogP contribution in [0.2, 0.25) is 0 Å². The molecule has 1 unspecified atom stereocenters. The lowest BCUT2D eigenvalue weighted by Crippen LogP contribution is -2.60. The Morgan fingerprint density at radius 2 is 1.85 bits per heavy atom. The molecule has 0 aromatic carbocycles. The molecule has 2 rings (SSSR count). The first kappa shape index (κ1) is 15.6. The van der Waals surface area contributed by atoms with Gasteiger partial charge in [-0.15, -0.1) is 0 Å². The van der Waals surface area contributed by atoms with Gasteiger partial charge in [0.15, 0.2) is 0 Å². The van der Waals surface area contributed by atoms with Crippen molar-refractivity contribution in [3.05, 3.63) is 0 Å². The minimum atomic E-state index is -4.28. The summed E-state index contributed by atoms with van der Waals surface area (Å²) in [6, 6.07) is -0.104. The van der Waals surface area contributed by atoms with E-state index in [1.807, 2.05) is 0 Å². The molecule has 0 aliphatic heterocycles. The van der Waals surface area contributed by atoms with Crippen molar-refractivity contribution in [2.75, 3.05) is 19.7 Å². The standard InChI is InChI=1S/C13H21F3N2O2/c1-2-20-11(19)12(17,9-3-4-9)7-18(10-5-6-10)8-13(14,15)16/h9-10H,2-8,17H2,1H3. The molecular formula is C13H21F3N2O2. The average Bonchev–Trinajstić information content (AvgIpc) is 3.15. The third-order valence-electron chi connectivity index (χ3n) is 3.87. The van der Waals surface area contributed by atoms with E-state index in [-0.39, 0.29) is 25.1 Å². The van der Waals surface area contributed by atoms with Crippen molar-refractivity contribution in [2.45, 2.75) is 50.4 Å². The minimum Gasteiger partial charge on any atom is -0.465 e. The maximum Gasteiger partial charge on any atom is 0.401 e. The van der Waals surface area contributed by atoms with E-state index in [2.05, 4.69) is 0 Å². The fraction of sp³-hybridized carbons (Fsp3) is 0.923. The number of carbonyl (C=O) groups excluding carboxylic acids is 1. The maximum absolute atomic E-state index is 12.6. The Balaban J connectivity index is 2.06. The number of carbonyl (C=O) groups is 1.